The van der Waals surface area contributed by atoms with E-state index in [2.05, 4.69) is 12.6 Å². The van der Waals surface area contributed by atoms with Gasteiger partial charge in [-0.2, -0.15) is 12.6 Å². The summed E-state index contributed by atoms with van der Waals surface area (Å²) in [6.07, 6.45) is 0. The molecule has 25 heavy (non-hydrogen) atoms. The number of carbonyl (C=O) groups is 1. The van der Waals surface area contributed by atoms with Gasteiger partial charge < -0.3 is 4.74 Å². The number of benzene rings is 2. The first-order valence-corrected chi connectivity index (χ1v) is 8.89. The van der Waals surface area contributed by atoms with Crippen molar-refractivity contribution in [3.8, 4) is 0 Å². The summed E-state index contributed by atoms with van der Waals surface area (Å²) in [6, 6.07) is 19.0. The van der Waals surface area contributed by atoms with Crippen molar-refractivity contribution in [3.05, 3.63) is 71.8 Å². The SMILES string of the molecule is CC(S)C(N=C(c1ccccc1)c1ccccc1)C(=O)OC(C)(C)C. The molecule has 0 aliphatic carbocycles. The van der Waals surface area contributed by atoms with Crippen LogP contribution in [0.2, 0.25) is 0 Å². The number of hydrogen-bond acceptors (Lipinski definition) is 4. The van der Waals surface area contributed by atoms with Crippen molar-refractivity contribution in [1.82, 2.24) is 0 Å². The third-order valence-electron chi connectivity index (χ3n) is 3.47. The Bertz CT molecular complexity index is 677. The Morgan fingerprint density at radius 3 is 1.76 bits per heavy atom. The molecule has 3 nitrogen and oxygen atoms in total. The van der Waals surface area contributed by atoms with Gasteiger partial charge in [0.25, 0.3) is 0 Å². The van der Waals surface area contributed by atoms with E-state index in [-0.39, 0.29) is 11.2 Å². The third-order valence-corrected chi connectivity index (χ3v) is 3.75. The van der Waals surface area contributed by atoms with E-state index >= 15 is 0 Å². The van der Waals surface area contributed by atoms with Gasteiger partial charge in [0.05, 0.1) is 5.71 Å². The summed E-state index contributed by atoms with van der Waals surface area (Å²) in [4.78, 5) is 17.4. The summed E-state index contributed by atoms with van der Waals surface area (Å²) < 4.78 is 5.54. The molecule has 0 aliphatic heterocycles. The number of esters is 1. The highest BCUT2D eigenvalue weighted by molar-refractivity contribution is 7.81. The second-order valence-corrected chi connectivity index (χ2v) is 7.74. The van der Waals surface area contributed by atoms with E-state index in [9.17, 15) is 4.79 Å². The lowest BCUT2D eigenvalue weighted by Crippen LogP contribution is -2.36. The van der Waals surface area contributed by atoms with Crippen molar-refractivity contribution < 1.29 is 9.53 Å². The lowest BCUT2D eigenvalue weighted by atomic mass is 10.0. The average molecular weight is 356 g/mol. The number of rotatable bonds is 5. The minimum Gasteiger partial charge on any atom is -0.458 e. The predicted octanol–water partition coefficient (Wildman–Crippen LogP) is 4.55. The fraction of sp³-hybridized carbons (Fsp3) is 0.333. The van der Waals surface area contributed by atoms with Crippen LogP contribution >= 0.6 is 12.6 Å². The predicted molar refractivity (Wildman–Crippen MR) is 107 cm³/mol. The number of thiol groups is 1. The minimum atomic E-state index is -0.682. The van der Waals surface area contributed by atoms with Crippen LogP contribution < -0.4 is 0 Å². The molecule has 2 atom stereocenters. The van der Waals surface area contributed by atoms with Gasteiger partial charge in [-0.15, -0.1) is 0 Å². The highest BCUT2D eigenvalue weighted by Gasteiger charge is 2.28. The van der Waals surface area contributed by atoms with Crippen LogP contribution in [0, 0.1) is 0 Å². The van der Waals surface area contributed by atoms with Gasteiger partial charge in [0.1, 0.15) is 5.60 Å². The normalized spacial score (nSPS) is 13.6. The summed E-state index contributed by atoms with van der Waals surface area (Å²) in [5, 5.41) is -0.266. The van der Waals surface area contributed by atoms with Crippen LogP contribution in [0.15, 0.2) is 65.7 Å². The molecule has 0 radical (unpaired) electrons. The monoisotopic (exact) mass is 355 g/mol. The number of ether oxygens (including phenoxy) is 1. The molecule has 0 heterocycles. The van der Waals surface area contributed by atoms with Crippen molar-refractivity contribution in [2.75, 3.05) is 0 Å². The molecule has 0 aromatic heterocycles. The van der Waals surface area contributed by atoms with Crippen LogP contribution in [0.5, 0.6) is 0 Å². The Kier molecular flexibility index (Phi) is 6.43. The first-order valence-electron chi connectivity index (χ1n) is 8.37. The highest BCUT2D eigenvalue weighted by Crippen LogP contribution is 2.18. The fourth-order valence-electron chi connectivity index (χ4n) is 2.37. The zero-order valence-electron chi connectivity index (χ0n) is 15.1. The lowest BCUT2D eigenvalue weighted by Gasteiger charge is -2.24. The molecule has 2 rings (SSSR count). The Morgan fingerprint density at radius 2 is 1.40 bits per heavy atom. The van der Waals surface area contributed by atoms with E-state index < -0.39 is 11.6 Å². The molecule has 0 amide bonds. The maximum Gasteiger partial charge on any atom is 0.332 e. The quantitative estimate of drug-likeness (QED) is 0.485. The Labute approximate surface area is 155 Å². The van der Waals surface area contributed by atoms with Crippen LogP contribution in [0.1, 0.15) is 38.8 Å². The molecule has 0 saturated heterocycles. The number of nitrogens with zero attached hydrogens (tertiary/aromatic N) is 1. The molecule has 0 bridgehead atoms. The van der Waals surface area contributed by atoms with Gasteiger partial charge in [-0.25, -0.2) is 4.79 Å². The van der Waals surface area contributed by atoms with Gasteiger partial charge in [-0.3, -0.25) is 4.99 Å². The van der Waals surface area contributed by atoms with Crippen LogP contribution in [0.25, 0.3) is 0 Å². The van der Waals surface area contributed by atoms with Gasteiger partial charge in [-0.1, -0.05) is 67.6 Å². The maximum absolute atomic E-state index is 12.6. The van der Waals surface area contributed by atoms with Crippen molar-refractivity contribution in [2.24, 2.45) is 4.99 Å². The Morgan fingerprint density at radius 1 is 0.960 bits per heavy atom. The summed E-state index contributed by atoms with van der Waals surface area (Å²) in [5.41, 5.74) is 2.11. The zero-order chi connectivity index (χ0) is 18.4. The van der Waals surface area contributed by atoms with Crippen LogP contribution in [-0.2, 0) is 9.53 Å². The van der Waals surface area contributed by atoms with Crippen LogP contribution in [0.3, 0.4) is 0 Å². The molecule has 0 aliphatic rings. The Hall–Kier alpha value is -2.07. The Balaban J connectivity index is 2.48. The van der Waals surface area contributed by atoms with Gasteiger partial charge in [0.15, 0.2) is 6.04 Å². The summed E-state index contributed by atoms with van der Waals surface area (Å²) in [7, 11) is 0. The van der Waals surface area contributed by atoms with E-state index in [0.29, 0.717) is 0 Å². The van der Waals surface area contributed by atoms with Gasteiger partial charge in [-0.05, 0) is 20.8 Å². The van der Waals surface area contributed by atoms with E-state index in [1.165, 1.54) is 0 Å². The van der Waals surface area contributed by atoms with Gasteiger partial charge >= 0.3 is 5.97 Å². The summed E-state index contributed by atoms with van der Waals surface area (Å²) in [6.45, 7) is 7.41. The molecule has 2 aromatic carbocycles. The lowest BCUT2D eigenvalue weighted by molar-refractivity contribution is -0.156. The number of carbonyl (C=O) groups excluding carboxylic acids is 1. The average Bonchev–Trinajstić information content (AvgIpc) is 2.55. The topological polar surface area (TPSA) is 38.7 Å². The van der Waals surface area contributed by atoms with E-state index in [0.717, 1.165) is 16.8 Å². The first-order chi connectivity index (χ1) is 11.8. The highest BCUT2D eigenvalue weighted by atomic mass is 32.1. The molecule has 2 aromatic rings. The van der Waals surface area contributed by atoms with Crippen LogP contribution in [-0.4, -0.2) is 28.6 Å². The molecule has 2 unspecified atom stereocenters. The number of aliphatic imine (C=N–C) groups is 1. The van der Waals surface area contributed by atoms with Crippen LogP contribution in [0.4, 0.5) is 0 Å². The largest absolute Gasteiger partial charge is 0.458 e. The molecule has 0 saturated carbocycles. The number of hydrogen-bond donors (Lipinski definition) is 1. The maximum atomic E-state index is 12.6. The molecular formula is C21H25NO2S. The van der Waals surface area contributed by atoms with E-state index in [1.807, 2.05) is 88.4 Å². The molecular weight excluding hydrogens is 330 g/mol. The third kappa shape index (κ3) is 5.75. The van der Waals surface area contributed by atoms with Crippen molar-refractivity contribution in [1.29, 1.82) is 0 Å². The minimum absolute atomic E-state index is 0.266. The molecule has 0 fully saturated rings. The summed E-state index contributed by atoms with van der Waals surface area (Å²) >= 11 is 4.47. The van der Waals surface area contributed by atoms with Gasteiger partial charge in [0, 0.05) is 16.4 Å². The first kappa shape index (κ1) is 19.3. The van der Waals surface area contributed by atoms with E-state index in [1.54, 1.807) is 0 Å². The second-order valence-electron chi connectivity index (χ2n) is 6.93. The zero-order valence-corrected chi connectivity index (χ0v) is 16.0. The van der Waals surface area contributed by atoms with Gasteiger partial charge in [0.2, 0.25) is 0 Å². The molecule has 0 N–H and O–H groups in total. The summed E-state index contributed by atoms with van der Waals surface area (Å²) in [5.74, 6) is -0.362. The molecule has 132 valence electrons. The second kappa shape index (κ2) is 8.34. The fourth-order valence-corrected chi connectivity index (χ4v) is 2.55. The van der Waals surface area contributed by atoms with Crippen molar-refractivity contribution in [2.45, 2.75) is 44.6 Å². The standard InChI is InChI=1S/C21H25NO2S/c1-15(25)18(20(23)24-21(2,3)4)22-19(16-11-7-5-8-12-16)17-13-9-6-10-14-17/h5-15,18,25H,1-4H3. The van der Waals surface area contributed by atoms with Crippen molar-refractivity contribution in [3.63, 3.8) is 0 Å². The van der Waals surface area contributed by atoms with E-state index in [4.69, 9.17) is 9.73 Å². The smallest absolute Gasteiger partial charge is 0.332 e. The molecule has 4 heteroatoms. The van der Waals surface area contributed by atoms with Crippen molar-refractivity contribution >= 4 is 24.3 Å². The molecule has 0 spiro atoms.